The van der Waals surface area contributed by atoms with E-state index >= 15 is 0 Å². The Morgan fingerprint density at radius 3 is 3.11 bits per heavy atom. The molecule has 92 valence electrons. The number of hydrogen-bond acceptors (Lipinski definition) is 6. The number of nitrogen functional groups attached to an aromatic ring is 1. The van der Waals surface area contributed by atoms with E-state index in [1.54, 1.807) is 0 Å². The molecule has 0 saturated carbocycles. The van der Waals surface area contributed by atoms with Crippen LogP contribution < -0.4 is 11.4 Å². The number of H-pyrrole nitrogens is 1. The molecular weight excluding hydrogens is 252 g/mol. The van der Waals surface area contributed by atoms with E-state index in [2.05, 4.69) is 15.2 Å². The molecule has 2 heterocycles. The fraction of sp³-hybridized carbons (Fsp3) is 0.200. The molecule has 0 fully saturated rings. The van der Waals surface area contributed by atoms with Crippen molar-refractivity contribution >= 4 is 17.4 Å². The lowest BCUT2D eigenvalue weighted by atomic mass is 10.3. The van der Waals surface area contributed by atoms with Gasteiger partial charge in [0.2, 0.25) is 0 Å². The highest BCUT2D eigenvalue weighted by Gasteiger charge is 2.12. The highest BCUT2D eigenvalue weighted by molar-refractivity contribution is 7.99. The van der Waals surface area contributed by atoms with Crippen LogP contribution in [0.4, 0.5) is 5.69 Å². The number of nitrogens with two attached hydrogens (primary N) is 1. The van der Waals surface area contributed by atoms with Gasteiger partial charge >= 0.3 is 5.69 Å². The molecule has 0 unspecified atom stereocenters. The van der Waals surface area contributed by atoms with Crippen LogP contribution in [0.1, 0.15) is 12.5 Å². The van der Waals surface area contributed by atoms with E-state index in [1.807, 2.05) is 13.0 Å². The van der Waals surface area contributed by atoms with Crippen molar-refractivity contribution in [2.24, 2.45) is 0 Å². The third-order valence-electron chi connectivity index (χ3n) is 2.22. The summed E-state index contributed by atoms with van der Waals surface area (Å²) in [5.41, 5.74) is 6.05. The van der Waals surface area contributed by atoms with Gasteiger partial charge in [0.25, 0.3) is 0 Å². The second-order valence-corrected chi connectivity index (χ2v) is 4.35. The molecule has 7 nitrogen and oxygen atoms in total. The topological polar surface area (TPSA) is 113 Å². The Morgan fingerprint density at radius 1 is 1.67 bits per heavy atom. The van der Waals surface area contributed by atoms with Gasteiger partial charge in [-0.2, -0.15) is 5.26 Å². The van der Waals surface area contributed by atoms with Crippen molar-refractivity contribution in [3.63, 3.8) is 0 Å². The number of aromatic amines is 1. The minimum absolute atomic E-state index is 0.283. The molecule has 0 saturated heterocycles. The normalized spacial score (nSPS) is 10.2. The van der Waals surface area contributed by atoms with Crippen LogP contribution in [0.15, 0.2) is 27.2 Å². The maximum Gasteiger partial charge on any atom is 0.343 e. The van der Waals surface area contributed by atoms with Gasteiger partial charge in [-0.15, -0.1) is 5.10 Å². The highest BCUT2D eigenvalue weighted by atomic mass is 32.2. The summed E-state index contributed by atoms with van der Waals surface area (Å²) < 4.78 is 1.46. The molecule has 0 aromatic carbocycles. The van der Waals surface area contributed by atoms with E-state index in [1.165, 1.54) is 16.8 Å². The quantitative estimate of drug-likeness (QED) is 0.837. The predicted molar refractivity (Wildman–Crippen MR) is 66.0 cm³/mol. The van der Waals surface area contributed by atoms with Gasteiger partial charge in [0.05, 0.1) is 17.4 Å². The minimum Gasteiger partial charge on any atom is -0.397 e. The summed E-state index contributed by atoms with van der Waals surface area (Å²) in [5.74, 6) is 0. The Hall–Kier alpha value is -2.27. The van der Waals surface area contributed by atoms with Gasteiger partial charge in [-0.05, 0) is 24.8 Å². The molecule has 2 rings (SSSR count). The highest BCUT2D eigenvalue weighted by Crippen LogP contribution is 2.26. The molecule has 18 heavy (non-hydrogen) atoms. The monoisotopic (exact) mass is 262 g/mol. The van der Waals surface area contributed by atoms with Gasteiger partial charge in [0.1, 0.15) is 11.1 Å². The molecular formula is C10H10N6OS. The number of aromatic nitrogens is 4. The number of anilines is 1. The number of pyridine rings is 1. The van der Waals surface area contributed by atoms with E-state index in [9.17, 15) is 4.79 Å². The van der Waals surface area contributed by atoms with Crippen LogP contribution in [0, 0.1) is 11.3 Å². The lowest BCUT2D eigenvalue weighted by Crippen LogP contribution is -2.16. The van der Waals surface area contributed by atoms with Gasteiger partial charge in [-0.1, -0.05) is 0 Å². The molecule has 2 aromatic rings. The van der Waals surface area contributed by atoms with Crippen molar-refractivity contribution < 1.29 is 0 Å². The largest absolute Gasteiger partial charge is 0.397 e. The molecule has 0 aliphatic carbocycles. The molecule has 0 amide bonds. The summed E-state index contributed by atoms with van der Waals surface area (Å²) in [4.78, 5) is 15.5. The van der Waals surface area contributed by atoms with E-state index < -0.39 is 0 Å². The number of hydrogen-bond donors (Lipinski definition) is 2. The first-order chi connectivity index (χ1) is 8.65. The molecule has 3 N–H and O–H groups in total. The van der Waals surface area contributed by atoms with E-state index in [0.717, 1.165) is 11.8 Å². The summed E-state index contributed by atoms with van der Waals surface area (Å²) in [7, 11) is 0. The first kappa shape index (κ1) is 12.2. The minimum atomic E-state index is -0.283. The molecule has 0 bridgehead atoms. The van der Waals surface area contributed by atoms with Crippen molar-refractivity contribution in [1.29, 1.82) is 5.26 Å². The van der Waals surface area contributed by atoms with Crippen LogP contribution in [-0.2, 0) is 6.54 Å². The first-order valence-corrected chi connectivity index (χ1v) is 5.96. The van der Waals surface area contributed by atoms with E-state index in [0.29, 0.717) is 28.0 Å². The average Bonchev–Trinajstić information content (AvgIpc) is 2.72. The van der Waals surface area contributed by atoms with Gasteiger partial charge in [0.15, 0.2) is 5.16 Å². The predicted octanol–water partition coefficient (Wildman–Crippen LogP) is 0.591. The van der Waals surface area contributed by atoms with Gasteiger partial charge < -0.3 is 5.73 Å². The molecule has 2 aromatic heterocycles. The smallest absolute Gasteiger partial charge is 0.343 e. The maximum atomic E-state index is 11.4. The molecule has 8 heteroatoms. The molecule has 0 aliphatic rings. The van der Waals surface area contributed by atoms with Gasteiger partial charge in [0, 0.05) is 6.54 Å². The Kier molecular flexibility index (Phi) is 3.34. The summed E-state index contributed by atoms with van der Waals surface area (Å²) >= 11 is 1.15. The van der Waals surface area contributed by atoms with E-state index in [-0.39, 0.29) is 5.69 Å². The Balaban J connectivity index is 2.40. The summed E-state index contributed by atoms with van der Waals surface area (Å²) in [6.07, 6.45) is 1.46. The number of nitrogens with one attached hydrogen (secondary N) is 1. The van der Waals surface area contributed by atoms with Crippen molar-refractivity contribution in [2.75, 3.05) is 5.73 Å². The zero-order chi connectivity index (χ0) is 13.1. The molecule has 0 aliphatic heterocycles. The lowest BCUT2D eigenvalue weighted by Gasteiger charge is -2.03. The summed E-state index contributed by atoms with van der Waals surface area (Å²) in [6.45, 7) is 2.33. The fourth-order valence-electron chi connectivity index (χ4n) is 1.38. The lowest BCUT2D eigenvalue weighted by molar-refractivity contribution is 0.660. The number of nitriles is 1. The zero-order valence-corrected chi connectivity index (χ0v) is 10.4. The van der Waals surface area contributed by atoms with Crippen LogP contribution >= 0.6 is 11.8 Å². The van der Waals surface area contributed by atoms with Crippen molar-refractivity contribution in [3.8, 4) is 6.07 Å². The molecule has 0 spiro atoms. The second kappa shape index (κ2) is 4.93. The van der Waals surface area contributed by atoms with Crippen LogP contribution in [0.5, 0.6) is 0 Å². The molecule has 0 radical (unpaired) electrons. The SMILES string of the molecule is CCn1c(Sc2ncc(N)cc2C#N)n[nH]c1=O. The van der Waals surface area contributed by atoms with Crippen molar-refractivity contribution in [1.82, 2.24) is 19.7 Å². The summed E-state index contributed by atoms with van der Waals surface area (Å²) in [5, 5.41) is 16.2. The Labute approximate surface area is 107 Å². The van der Waals surface area contributed by atoms with Crippen LogP contribution in [0.3, 0.4) is 0 Å². The van der Waals surface area contributed by atoms with Crippen LogP contribution in [0.2, 0.25) is 0 Å². The van der Waals surface area contributed by atoms with Crippen LogP contribution in [-0.4, -0.2) is 19.7 Å². The summed E-state index contributed by atoms with van der Waals surface area (Å²) in [6, 6.07) is 3.55. The van der Waals surface area contributed by atoms with E-state index in [4.69, 9.17) is 11.0 Å². The first-order valence-electron chi connectivity index (χ1n) is 5.14. The third-order valence-corrected chi connectivity index (χ3v) is 3.23. The van der Waals surface area contributed by atoms with Gasteiger partial charge in [-0.3, -0.25) is 4.57 Å². The molecule has 0 atom stereocenters. The zero-order valence-electron chi connectivity index (χ0n) is 9.54. The number of rotatable bonds is 3. The third kappa shape index (κ3) is 2.21. The fourth-order valence-corrected chi connectivity index (χ4v) is 2.28. The Bertz CT molecular complexity index is 668. The van der Waals surface area contributed by atoms with Crippen LogP contribution in [0.25, 0.3) is 0 Å². The van der Waals surface area contributed by atoms with Crippen molar-refractivity contribution in [2.45, 2.75) is 23.7 Å². The number of nitrogens with zero attached hydrogens (tertiary/aromatic N) is 4. The maximum absolute atomic E-state index is 11.4. The second-order valence-electron chi connectivity index (χ2n) is 3.39. The van der Waals surface area contributed by atoms with Crippen molar-refractivity contribution in [3.05, 3.63) is 28.3 Å². The standard InChI is InChI=1S/C10H10N6OS/c1-2-16-9(17)14-15-10(16)18-8-6(4-11)3-7(12)5-13-8/h3,5H,2,12H2,1H3,(H,14,17). The Morgan fingerprint density at radius 2 is 2.44 bits per heavy atom. The van der Waals surface area contributed by atoms with Gasteiger partial charge in [-0.25, -0.2) is 14.9 Å². The average molecular weight is 262 g/mol.